The third-order valence-corrected chi connectivity index (χ3v) is 4.17. The Kier molecular flexibility index (Phi) is 6.87. The lowest BCUT2D eigenvalue weighted by Gasteiger charge is -2.08. The van der Waals surface area contributed by atoms with Gasteiger partial charge in [0.2, 0.25) is 5.91 Å². The molecule has 1 N–H and O–H groups in total. The molecule has 0 fully saturated rings. The van der Waals surface area contributed by atoms with Crippen LogP contribution in [0.5, 0.6) is 5.75 Å². The highest BCUT2D eigenvalue weighted by molar-refractivity contribution is 7.99. The van der Waals surface area contributed by atoms with Crippen LogP contribution >= 0.6 is 11.8 Å². The number of aryl methyl sites for hydroxylation is 1. The molecule has 0 saturated carbocycles. The van der Waals surface area contributed by atoms with E-state index in [-0.39, 0.29) is 11.7 Å². The minimum Gasteiger partial charge on any atom is -0.494 e. The Hall–Kier alpha value is -2.28. The van der Waals surface area contributed by atoms with Gasteiger partial charge in [0, 0.05) is 18.7 Å². The van der Waals surface area contributed by atoms with Gasteiger partial charge in [0.1, 0.15) is 11.6 Å². The van der Waals surface area contributed by atoms with Crippen LogP contribution in [0.3, 0.4) is 0 Å². The van der Waals surface area contributed by atoms with E-state index in [4.69, 9.17) is 4.74 Å². The van der Waals surface area contributed by atoms with E-state index in [0.717, 1.165) is 28.8 Å². The Morgan fingerprint density at radius 1 is 1.33 bits per heavy atom. The molecule has 0 saturated heterocycles. The minimum absolute atomic E-state index is 0.0876. The third-order valence-electron chi connectivity index (χ3n) is 3.20. The highest BCUT2D eigenvalue weighted by Crippen LogP contribution is 2.19. The van der Waals surface area contributed by atoms with Crippen molar-refractivity contribution < 1.29 is 9.53 Å². The summed E-state index contributed by atoms with van der Waals surface area (Å²) < 4.78 is 7.35. The number of carbonyl (C=O) groups excluding carboxylic acids is 1. The van der Waals surface area contributed by atoms with Crippen LogP contribution in [0.1, 0.15) is 19.7 Å². The normalized spacial score (nSPS) is 10.4. The number of benzene rings is 1. The lowest BCUT2D eigenvalue weighted by molar-refractivity contribution is -0.113. The predicted octanol–water partition coefficient (Wildman–Crippen LogP) is 3.16. The number of aromatic nitrogens is 3. The molecular formula is C17H22N4O2S. The summed E-state index contributed by atoms with van der Waals surface area (Å²) in [7, 11) is 0. The van der Waals surface area contributed by atoms with E-state index >= 15 is 0 Å². The Morgan fingerprint density at radius 2 is 2.08 bits per heavy atom. The zero-order valence-corrected chi connectivity index (χ0v) is 14.8. The zero-order valence-electron chi connectivity index (χ0n) is 14.0. The molecule has 24 heavy (non-hydrogen) atoms. The van der Waals surface area contributed by atoms with Crippen LogP contribution in [-0.2, 0) is 17.8 Å². The first-order valence-electron chi connectivity index (χ1n) is 7.86. The van der Waals surface area contributed by atoms with Gasteiger partial charge in [-0.05, 0) is 31.2 Å². The summed E-state index contributed by atoms with van der Waals surface area (Å²) in [5.74, 6) is 1.86. The summed E-state index contributed by atoms with van der Waals surface area (Å²) in [5.41, 5.74) is 0.742. The van der Waals surface area contributed by atoms with Crippen molar-refractivity contribution in [3.8, 4) is 5.75 Å². The number of amides is 1. The fourth-order valence-corrected chi connectivity index (χ4v) is 2.89. The van der Waals surface area contributed by atoms with Gasteiger partial charge >= 0.3 is 0 Å². The van der Waals surface area contributed by atoms with Gasteiger partial charge in [-0.15, -0.1) is 16.8 Å². The Morgan fingerprint density at radius 3 is 2.71 bits per heavy atom. The van der Waals surface area contributed by atoms with Crippen molar-refractivity contribution >= 4 is 23.4 Å². The largest absolute Gasteiger partial charge is 0.494 e. The Labute approximate surface area is 146 Å². The first-order valence-corrected chi connectivity index (χ1v) is 8.85. The fourth-order valence-electron chi connectivity index (χ4n) is 2.13. The molecule has 0 spiro atoms. The smallest absolute Gasteiger partial charge is 0.234 e. The molecule has 0 bridgehead atoms. The van der Waals surface area contributed by atoms with Gasteiger partial charge in [-0.1, -0.05) is 24.8 Å². The maximum atomic E-state index is 12.1. The van der Waals surface area contributed by atoms with Gasteiger partial charge in [0.15, 0.2) is 5.16 Å². The summed E-state index contributed by atoms with van der Waals surface area (Å²) in [4.78, 5) is 12.1. The number of allylic oxidation sites excluding steroid dienone is 1. The summed E-state index contributed by atoms with van der Waals surface area (Å²) in [6.07, 6.45) is 2.59. The van der Waals surface area contributed by atoms with Gasteiger partial charge in [-0.3, -0.25) is 4.79 Å². The van der Waals surface area contributed by atoms with Crippen molar-refractivity contribution in [3.05, 3.63) is 42.7 Å². The highest BCUT2D eigenvalue weighted by Gasteiger charge is 2.12. The average Bonchev–Trinajstić information content (AvgIpc) is 2.97. The van der Waals surface area contributed by atoms with Crippen molar-refractivity contribution in [2.24, 2.45) is 0 Å². The molecule has 0 aliphatic heterocycles. The number of ether oxygens (including phenoxy) is 1. The zero-order chi connectivity index (χ0) is 17.4. The topological polar surface area (TPSA) is 69.0 Å². The molecule has 0 aliphatic carbocycles. The summed E-state index contributed by atoms with van der Waals surface area (Å²) in [6.45, 7) is 8.96. The van der Waals surface area contributed by atoms with Gasteiger partial charge in [-0.25, -0.2) is 0 Å². The first kappa shape index (κ1) is 18.1. The van der Waals surface area contributed by atoms with E-state index in [2.05, 4.69) is 22.1 Å². The lowest BCUT2D eigenvalue weighted by Crippen LogP contribution is -2.14. The van der Waals surface area contributed by atoms with Crippen molar-refractivity contribution in [2.75, 3.05) is 17.7 Å². The molecule has 1 heterocycles. The minimum atomic E-state index is -0.0876. The average molecular weight is 346 g/mol. The van der Waals surface area contributed by atoms with Crippen LogP contribution in [0, 0.1) is 0 Å². The van der Waals surface area contributed by atoms with Gasteiger partial charge in [-0.2, -0.15) is 0 Å². The number of nitrogens with zero attached hydrogens (tertiary/aromatic N) is 3. The molecule has 1 aromatic heterocycles. The van der Waals surface area contributed by atoms with Crippen LogP contribution in [0.25, 0.3) is 0 Å². The highest BCUT2D eigenvalue weighted by atomic mass is 32.2. The van der Waals surface area contributed by atoms with Crippen molar-refractivity contribution in [3.63, 3.8) is 0 Å². The van der Waals surface area contributed by atoms with Crippen LogP contribution in [-0.4, -0.2) is 33.0 Å². The lowest BCUT2D eigenvalue weighted by atomic mass is 10.3. The molecule has 0 radical (unpaired) electrons. The maximum absolute atomic E-state index is 12.1. The second-order valence-corrected chi connectivity index (χ2v) is 5.89. The molecule has 128 valence electrons. The number of hydrogen-bond donors (Lipinski definition) is 1. The standard InChI is InChI=1S/C17H22N4O2S/c1-4-11-21-15(5-2)19-20-17(21)24-12-16(22)18-13-7-9-14(10-8-13)23-6-3/h4,7-10H,1,5-6,11-12H2,2-3H3,(H,18,22). The fraction of sp³-hybridized carbons (Fsp3) is 0.353. The van der Waals surface area contributed by atoms with E-state index in [0.29, 0.717) is 13.2 Å². The molecule has 0 atom stereocenters. The van der Waals surface area contributed by atoms with Crippen LogP contribution in [0.2, 0.25) is 0 Å². The van der Waals surface area contributed by atoms with Gasteiger partial charge in [0.25, 0.3) is 0 Å². The molecule has 2 rings (SSSR count). The van der Waals surface area contributed by atoms with Gasteiger partial charge < -0.3 is 14.6 Å². The number of anilines is 1. The molecule has 0 unspecified atom stereocenters. The SMILES string of the molecule is C=CCn1c(CC)nnc1SCC(=O)Nc1ccc(OCC)cc1. The number of hydrogen-bond acceptors (Lipinski definition) is 5. The molecule has 1 amide bonds. The van der Waals surface area contributed by atoms with E-state index in [1.54, 1.807) is 6.08 Å². The Balaban J connectivity index is 1.91. The molecule has 2 aromatic rings. The summed E-state index contributed by atoms with van der Waals surface area (Å²) >= 11 is 1.37. The van der Waals surface area contributed by atoms with Gasteiger partial charge in [0.05, 0.1) is 12.4 Å². The molecular weight excluding hydrogens is 324 g/mol. The number of nitrogens with one attached hydrogen (secondary N) is 1. The molecule has 6 nitrogen and oxygen atoms in total. The second kappa shape index (κ2) is 9.12. The van der Waals surface area contributed by atoms with Crippen molar-refractivity contribution in [1.29, 1.82) is 0 Å². The summed E-state index contributed by atoms with van der Waals surface area (Å²) in [5, 5.41) is 11.9. The van der Waals surface area contributed by atoms with Crippen LogP contribution < -0.4 is 10.1 Å². The first-order chi connectivity index (χ1) is 11.7. The number of thioether (sulfide) groups is 1. The Bertz CT molecular complexity index is 682. The summed E-state index contributed by atoms with van der Waals surface area (Å²) in [6, 6.07) is 7.31. The van der Waals surface area contributed by atoms with Crippen molar-refractivity contribution in [2.45, 2.75) is 32.0 Å². The third kappa shape index (κ3) is 4.86. The van der Waals surface area contributed by atoms with E-state index < -0.39 is 0 Å². The molecule has 0 aliphatic rings. The van der Waals surface area contributed by atoms with E-state index in [1.807, 2.05) is 42.7 Å². The van der Waals surface area contributed by atoms with E-state index in [1.165, 1.54) is 11.8 Å². The predicted molar refractivity (Wildman–Crippen MR) is 96.6 cm³/mol. The number of rotatable bonds is 9. The quantitative estimate of drug-likeness (QED) is 0.558. The van der Waals surface area contributed by atoms with E-state index in [9.17, 15) is 4.79 Å². The monoisotopic (exact) mass is 346 g/mol. The molecule has 1 aromatic carbocycles. The van der Waals surface area contributed by atoms with Crippen LogP contribution in [0.15, 0.2) is 42.1 Å². The number of carbonyl (C=O) groups is 1. The molecule has 7 heteroatoms. The van der Waals surface area contributed by atoms with Crippen LogP contribution in [0.4, 0.5) is 5.69 Å². The van der Waals surface area contributed by atoms with Crippen molar-refractivity contribution in [1.82, 2.24) is 14.8 Å². The maximum Gasteiger partial charge on any atom is 0.234 e. The second-order valence-electron chi connectivity index (χ2n) is 4.95.